The first-order valence-electron chi connectivity index (χ1n) is 40.6. The molecule has 0 aliphatic carbocycles. The average Bonchev–Trinajstić information content (AvgIpc) is 0.800. The lowest BCUT2D eigenvalue weighted by atomic mass is 10.1. The van der Waals surface area contributed by atoms with Crippen LogP contribution in [0.25, 0.3) is 0 Å². The molecule has 0 unspecified atom stereocenters. The number of hydrogen-bond donors (Lipinski definition) is 0. The zero-order valence-corrected chi connectivity index (χ0v) is 77.4. The Morgan fingerprint density at radius 3 is 1.16 bits per heavy atom. The minimum absolute atomic E-state index is 0.0143. The smallest absolute Gasteiger partial charge is 0.417 e. The number of nitrogens with zero attached hydrogens (tertiary/aromatic N) is 1. The minimum Gasteiger partial charge on any atom is -0.497 e. The van der Waals surface area contributed by atoms with Crippen molar-refractivity contribution in [3.8, 4) is 28.7 Å². The van der Waals surface area contributed by atoms with Crippen LogP contribution in [0.4, 0.5) is 84.7 Å². The second-order valence-electron chi connectivity index (χ2n) is 27.4. The Bertz CT molecular complexity index is 6220. The Labute approximate surface area is 821 Å². The molecule has 0 heterocycles. The quantitative estimate of drug-likeness (QED) is 0.0143. The molecular weight excluding hydrogens is 1970 g/mol. The minimum atomic E-state index is -4.70. The highest BCUT2D eigenvalue weighted by Gasteiger charge is 2.35. The lowest BCUT2D eigenvalue weighted by molar-refractivity contribution is -0.385. The lowest BCUT2D eigenvalue weighted by Gasteiger charge is -2.08. The lowest BCUT2D eigenvalue weighted by Crippen LogP contribution is -2.10. The van der Waals surface area contributed by atoms with Gasteiger partial charge in [-0.05, 0) is 196 Å². The molecule has 762 valence electrons. The zero-order valence-electron chi connectivity index (χ0n) is 76.6. The van der Waals surface area contributed by atoms with Crippen molar-refractivity contribution in [3.63, 3.8) is 0 Å². The van der Waals surface area contributed by atoms with Crippen LogP contribution in [-0.2, 0) is 18.5 Å². The summed E-state index contributed by atoms with van der Waals surface area (Å²) in [5.74, 6) is -5.12. The summed E-state index contributed by atoms with van der Waals surface area (Å²) >= 11 is 5.35. The van der Waals surface area contributed by atoms with E-state index in [1.54, 1.807) is 91.9 Å². The molecule has 0 spiro atoms. The van der Waals surface area contributed by atoms with Gasteiger partial charge in [0, 0.05) is 61.7 Å². The fraction of sp³-hybridized carbons (Fsp3) is 0.114. The van der Waals surface area contributed by atoms with E-state index in [1.165, 1.54) is 118 Å². The van der Waals surface area contributed by atoms with Crippen LogP contribution in [0.15, 0.2) is 280 Å². The van der Waals surface area contributed by atoms with Crippen molar-refractivity contribution in [3.05, 3.63) is 447 Å². The maximum atomic E-state index is 12.6. The number of aryl methyl sites for hydroxylation is 2. The van der Waals surface area contributed by atoms with Gasteiger partial charge in [-0.15, -0.1) is 0 Å². The number of nitro groups is 1. The summed E-state index contributed by atoms with van der Waals surface area (Å²) < 4.78 is 245. The summed E-state index contributed by atoms with van der Waals surface area (Å²) in [6.45, 7) is 10.4. The van der Waals surface area contributed by atoms with Crippen molar-refractivity contribution in [1.82, 2.24) is 0 Å². The van der Waals surface area contributed by atoms with Crippen molar-refractivity contribution >= 4 is 99.0 Å². The van der Waals surface area contributed by atoms with Crippen molar-refractivity contribution in [1.29, 1.82) is 0 Å². The van der Waals surface area contributed by atoms with Gasteiger partial charge in [-0.25, -0.2) is 39.5 Å². The molecule has 0 aliphatic rings. The molecule has 0 N–H and O–H groups in total. The maximum absolute atomic E-state index is 12.6. The number of aldehydes is 13. The van der Waals surface area contributed by atoms with E-state index in [0.717, 1.165) is 110 Å². The molecule has 0 amide bonds. The van der Waals surface area contributed by atoms with Gasteiger partial charge in [-0.1, -0.05) is 122 Å². The topological polar surface area (TPSA) is 311 Å². The van der Waals surface area contributed by atoms with E-state index in [-0.39, 0.29) is 57.6 Å². The fourth-order valence-corrected chi connectivity index (χ4v) is 9.97. The summed E-state index contributed by atoms with van der Waals surface area (Å²) in [6.07, 6.45) is -4.52. The molecule has 145 heavy (non-hydrogen) atoms. The van der Waals surface area contributed by atoms with Crippen LogP contribution >= 0.6 is 11.6 Å². The molecule has 21 nitrogen and oxygen atoms in total. The summed E-state index contributed by atoms with van der Waals surface area (Å²) in [6, 6.07) is 59.9. The van der Waals surface area contributed by atoms with E-state index < -0.39 is 97.8 Å². The maximum Gasteiger partial charge on any atom is 0.417 e. The first-order valence-corrected chi connectivity index (χ1v) is 41.0. The molecule has 40 heteroatoms. The normalized spacial score (nSPS) is 9.80. The number of methoxy groups -OCH3 is 3. The second kappa shape index (κ2) is 67.9. The third kappa shape index (κ3) is 48.0. The number of carbonyl (C=O) groups is 13. The van der Waals surface area contributed by atoms with Crippen LogP contribution in [-0.4, -0.2) is 121 Å². The van der Waals surface area contributed by atoms with Crippen LogP contribution in [0.1, 0.15) is 176 Å². The van der Waals surface area contributed by atoms with Gasteiger partial charge in [0.05, 0.1) is 76.8 Å². The molecule has 0 saturated heterocycles. The number of carbonyl (C=O) groups excluding carboxylic acids is 13. The van der Waals surface area contributed by atoms with Crippen LogP contribution < -0.4 is 23.7 Å². The molecular formula is C105H84ClF18NO20. The van der Waals surface area contributed by atoms with Gasteiger partial charge in [0.25, 0.3) is 5.69 Å². The molecule has 13 aromatic carbocycles. The number of benzene rings is 13. The largest absolute Gasteiger partial charge is 0.497 e. The zero-order chi connectivity index (χ0) is 109. The fourth-order valence-electron chi connectivity index (χ4n) is 9.85. The Morgan fingerprint density at radius 1 is 0.338 bits per heavy atom. The first kappa shape index (κ1) is 126. The Morgan fingerprint density at radius 2 is 0.738 bits per heavy atom. The van der Waals surface area contributed by atoms with Crippen LogP contribution in [0.5, 0.6) is 28.7 Å². The predicted molar refractivity (Wildman–Crippen MR) is 501 cm³/mol. The summed E-state index contributed by atoms with van der Waals surface area (Å²) in [4.78, 5) is 142. The van der Waals surface area contributed by atoms with Gasteiger partial charge in [-0.2, -0.15) is 39.5 Å². The van der Waals surface area contributed by atoms with Gasteiger partial charge in [0.1, 0.15) is 115 Å². The van der Waals surface area contributed by atoms with Crippen molar-refractivity contribution in [2.45, 2.75) is 45.7 Å². The van der Waals surface area contributed by atoms with Crippen molar-refractivity contribution in [2.24, 2.45) is 0 Å². The van der Waals surface area contributed by atoms with Crippen molar-refractivity contribution in [2.75, 3.05) is 34.5 Å². The molecule has 13 aromatic rings. The average molecular weight is 2060 g/mol. The Balaban J connectivity index is 0.000000786. The molecule has 0 saturated carbocycles. The highest BCUT2D eigenvalue weighted by Crippen LogP contribution is 2.34. The van der Waals surface area contributed by atoms with E-state index in [2.05, 4.69) is 13.5 Å². The van der Waals surface area contributed by atoms with E-state index in [1.807, 2.05) is 31.2 Å². The number of halogens is 19. The molecule has 0 aliphatic heterocycles. The number of hydrogen-bond acceptors (Lipinski definition) is 20. The summed E-state index contributed by atoms with van der Waals surface area (Å²) in [5, 5.41) is 10.4. The van der Waals surface area contributed by atoms with Gasteiger partial charge in [0.2, 0.25) is 0 Å². The van der Waals surface area contributed by atoms with E-state index in [4.69, 9.17) is 35.3 Å². The molecule has 0 fully saturated rings. The molecule has 0 atom stereocenters. The van der Waals surface area contributed by atoms with Gasteiger partial charge >= 0.3 is 18.5 Å². The van der Waals surface area contributed by atoms with Crippen LogP contribution in [0, 0.1) is 76.3 Å². The van der Waals surface area contributed by atoms with Gasteiger partial charge in [-0.3, -0.25) is 72.4 Å². The van der Waals surface area contributed by atoms with Gasteiger partial charge in [0.15, 0.2) is 54.7 Å². The van der Waals surface area contributed by atoms with E-state index in [9.17, 15) is 151 Å². The van der Waals surface area contributed by atoms with Crippen LogP contribution in [0.2, 0.25) is 5.02 Å². The third-order valence-corrected chi connectivity index (χ3v) is 17.5. The third-order valence-electron chi connectivity index (χ3n) is 17.1. The predicted octanol–water partition coefficient (Wildman–Crippen LogP) is 26.4. The standard InChI is InChI=1S/C10H12O2.C10H10O2.C9H10O3.C8H4F4O.2C8H5F3O.C8H7FO2.C8H7NO3.C8H8O.C7H4ClFO.C7H3F3O.C7H4F2O.C7H5FO/c2*1-2-7-12-10-5-3-9(8-11)4-6-10;1-11-8-4-3-5-9(12-2)7(8)6-10;9-7-3-1-2-6(5(7)4-13)8(10,11)12;9-8(10,11)7-3-1-2-6(4-7)5-12;9-8(10,11)7-4-2-1-3-6(7)5-12;1-11-7-2-3-8(9)6(4-7)5-10;1-6-2-3-7(5-10)4-8(6)9(11)12;1-7-2-4-8(6-9)5-3-7;8-6-2-1-5(4-10)3-7(6)9;8-5-1-2-6(9)7(10)4(5)3-11;8-6-2-1-5(4-10)3-7(6)9;8-7-3-1-6(5-9)2-4-7/h3-6,8H,2,7H2,1H3;2-6,8H,1,7H2;3-6H,1-2H3;1-4H;2*1-5H;2-5H,1H3;2-5H,1H3;2-6H,1H3;1-4H;1-3H;1-4H;1-5H. The van der Waals surface area contributed by atoms with E-state index >= 15 is 0 Å². The van der Waals surface area contributed by atoms with E-state index in [0.29, 0.717) is 119 Å². The highest BCUT2D eigenvalue weighted by atomic mass is 35.5. The first-order chi connectivity index (χ1) is 68.8. The summed E-state index contributed by atoms with van der Waals surface area (Å²) in [5.41, 5.74) is 0.465. The summed E-state index contributed by atoms with van der Waals surface area (Å²) in [7, 11) is 4.49. The Hall–Kier alpha value is -17.3. The van der Waals surface area contributed by atoms with Gasteiger partial charge < -0.3 is 23.7 Å². The molecule has 13 rings (SSSR count). The number of ether oxygens (including phenoxy) is 5. The SMILES string of the molecule is C=CCOc1ccc(C=O)cc1.CCCOc1ccc(C=O)cc1.COc1ccc(F)c(C=O)c1.COc1cccc(OC)c1C=O.Cc1ccc(C=O)cc1.Cc1ccc(C=O)cc1[N+](=O)[O-].O=Cc1c(F)ccc(F)c1F.O=Cc1c(F)cccc1C(F)(F)F.O=Cc1ccc(Cl)c(F)c1.O=Cc1ccc(F)c(F)c1.O=Cc1ccc(F)cc1.O=Cc1cccc(C(F)(F)F)c1.O=Cc1ccccc1C(F)(F)F. The monoisotopic (exact) mass is 2060 g/mol. The molecule has 0 bridgehead atoms. The number of nitro benzene ring substituents is 1. The molecule has 0 radical (unpaired) electrons. The van der Waals surface area contributed by atoms with Crippen molar-refractivity contribution < 1.29 is 170 Å². The second-order valence-corrected chi connectivity index (χ2v) is 27.8. The highest BCUT2D eigenvalue weighted by molar-refractivity contribution is 6.30. The van der Waals surface area contributed by atoms with Crippen LogP contribution in [0.3, 0.4) is 0 Å². The number of alkyl halides is 9. The number of rotatable bonds is 23. The Kier molecular flexibility index (Phi) is 58.9. The molecule has 0 aromatic heterocycles.